The molecule has 1 saturated heterocycles. The normalized spacial score (nSPS) is 15.8. The van der Waals surface area contributed by atoms with Crippen LogP contribution in [0.2, 0.25) is 0 Å². The molecule has 2 amide bonds. The molecule has 0 aliphatic carbocycles. The summed E-state index contributed by atoms with van der Waals surface area (Å²) in [7, 11) is 3.58. The summed E-state index contributed by atoms with van der Waals surface area (Å²) in [4.78, 5) is 30.7. The molecule has 34 heavy (non-hydrogen) atoms. The van der Waals surface area contributed by atoms with Gasteiger partial charge in [0.25, 0.3) is 5.91 Å². The number of nitrogens with two attached hydrogens (primary N) is 1. The number of ether oxygens (including phenoxy) is 1. The van der Waals surface area contributed by atoms with Gasteiger partial charge in [-0.3, -0.25) is 9.59 Å². The Hall–Kier alpha value is -4.06. The highest BCUT2D eigenvalue weighted by Crippen LogP contribution is 2.37. The summed E-state index contributed by atoms with van der Waals surface area (Å²) in [6, 6.07) is 7.25. The Morgan fingerprint density at radius 3 is 2.88 bits per heavy atom. The Labute approximate surface area is 195 Å². The third-order valence-electron chi connectivity index (χ3n) is 5.74. The molecule has 1 aromatic carbocycles. The van der Waals surface area contributed by atoms with Gasteiger partial charge in [0.1, 0.15) is 0 Å². The third-order valence-corrected chi connectivity index (χ3v) is 5.74. The number of anilines is 2. The Bertz CT molecular complexity index is 1180. The monoisotopic (exact) mass is 466 g/mol. The van der Waals surface area contributed by atoms with Crippen molar-refractivity contribution in [3.63, 3.8) is 0 Å². The molecule has 1 fully saturated rings. The van der Waals surface area contributed by atoms with Crippen molar-refractivity contribution < 1.29 is 18.8 Å². The number of hydrogen-bond donors (Lipinski definition) is 3. The lowest BCUT2D eigenvalue weighted by atomic mass is 10.1. The summed E-state index contributed by atoms with van der Waals surface area (Å²) in [5.74, 6) is -0.721. The topological polar surface area (TPSA) is 161 Å². The molecule has 1 aliphatic heterocycles. The van der Waals surface area contributed by atoms with Gasteiger partial charge in [-0.05, 0) is 51.1 Å². The van der Waals surface area contributed by atoms with Crippen molar-refractivity contribution in [1.29, 1.82) is 0 Å². The zero-order valence-electron chi connectivity index (χ0n) is 18.9. The maximum atomic E-state index is 12.5. The van der Waals surface area contributed by atoms with E-state index in [0.717, 1.165) is 19.4 Å². The SMILES string of the molecule is COc1c(Nc2ccnnc2C(N)=O)cccc1-c1noc(C(=O)NCCC2CCCN2C)n1. The van der Waals surface area contributed by atoms with Crippen LogP contribution in [0, 0.1) is 0 Å². The molecule has 2 aromatic heterocycles. The van der Waals surface area contributed by atoms with Gasteiger partial charge >= 0.3 is 11.8 Å². The number of aromatic nitrogens is 4. The molecule has 1 unspecified atom stereocenters. The van der Waals surface area contributed by atoms with Crippen LogP contribution in [-0.2, 0) is 0 Å². The molecule has 3 aromatic rings. The molecule has 0 radical (unpaired) electrons. The fraction of sp³-hybridized carbons (Fsp3) is 0.364. The van der Waals surface area contributed by atoms with E-state index in [4.69, 9.17) is 15.0 Å². The molecule has 4 N–H and O–H groups in total. The first-order valence-corrected chi connectivity index (χ1v) is 10.9. The predicted octanol–water partition coefficient (Wildman–Crippen LogP) is 1.59. The molecule has 4 rings (SSSR count). The minimum atomic E-state index is -0.723. The van der Waals surface area contributed by atoms with Crippen molar-refractivity contribution in [3.8, 4) is 17.1 Å². The number of primary amides is 1. The Kier molecular flexibility index (Phi) is 6.97. The molecule has 0 bridgehead atoms. The molecule has 12 heteroatoms. The van der Waals surface area contributed by atoms with Gasteiger partial charge in [0.05, 0.1) is 30.2 Å². The van der Waals surface area contributed by atoms with Gasteiger partial charge in [0, 0.05) is 12.6 Å². The number of para-hydroxylation sites is 1. The lowest BCUT2D eigenvalue weighted by Gasteiger charge is -2.18. The largest absolute Gasteiger partial charge is 0.494 e. The highest BCUT2D eigenvalue weighted by Gasteiger charge is 2.23. The number of methoxy groups -OCH3 is 1. The van der Waals surface area contributed by atoms with E-state index in [2.05, 4.69) is 42.9 Å². The number of nitrogens with one attached hydrogen (secondary N) is 2. The second-order valence-electron chi connectivity index (χ2n) is 7.91. The third kappa shape index (κ3) is 4.96. The number of carbonyl (C=O) groups excluding carboxylic acids is 2. The summed E-state index contributed by atoms with van der Waals surface area (Å²) < 4.78 is 10.8. The molecule has 1 aliphatic rings. The molecule has 178 valence electrons. The summed E-state index contributed by atoms with van der Waals surface area (Å²) in [6.07, 6.45) is 4.61. The van der Waals surface area contributed by atoms with Gasteiger partial charge in [-0.25, -0.2) is 0 Å². The van der Waals surface area contributed by atoms with Crippen molar-refractivity contribution in [1.82, 2.24) is 30.6 Å². The molecule has 12 nitrogen and oxygen atoms in total. The second kappa shape index (κ2) is 10.3. The quantitative estimate of drug-likeness (QED) is 0.422. The molecule has 3 heterocycles. The highest BCUT2D eigenvalue weighted by molar-refractivity contribution is 5.97. The second-order valence-corrected chi connectivity index (χ2v) is 7.91. The van der Waals surface area contributed by atoms with Crippen LogP contribution < -0.4 is 21.1 Å². The number of carbonyl (C=O) groups is 2. The fourth-order valence-corrected chi connectivity index (χ4v) is 3.99. The van der Waals surface area contributed by atoms with Gasteiger partial charge in [0.15, 0.2) is 11.4 Å². The average molecular weight is 467 g/mol. The van der Waals surface area contributed by atoms with Crippen molar-refractivity contribution in [2.24, 2.45) is 5.73 Å². The number of likely N-dealkylation sites (tertiary alicyclic amines) is 1. The van der Waals surface area contributed by atoms with Crippen molar-refractivity contribution in [2.45, 2.75) is 25.3 Å². The molecule has 0 saturated carbocycles. The predicted molar refractivity (Wildman–Crippen MR) is 123 cm³/mol. The van der Waals surface area contributed by atoms with Crippen LogP contribution in [0.3, 0.4) is 0 Å². The van der Waals surface area contributed by atoms with Crippen LogP contribution in [0.1, 0.15) is 40.4 Å². The maximum absolute atomic E-state index is 12.5. The van der Waals surface area contributed by atoms with Crippen molar-refractivity contribution in [2.75, 3.05) is 32.6 Å². The van der Waals surface area contributed by atoms with E-state index < -0.39 is 11.8 Å². The van der Waals surface area contributed by atoms with Gasteiger partial charge in [-0.2, -0.15) is 10.1 Å². The molecule has 0 spiro atoms. The summed E-state index contributed by atoms with van der Waals surface area (Å²) >= 11 is 0. The van der Waals surface area contributed by atoms with E-state index in [0.29, 0.717) is 35.3 Å². The van der Waals surface area contributed by atoms with E-state index in [1.165, 1.54) is 19.7 Å². The van der Waals surface area contributed by atoms with Crippen LogP contribution >= 0.6 is 0 Å². The summed E-state index contributed by atoms with van der Waals surface area (Å²) in [5, 5.41) is 17.3. The van der Waals surface area contributed by atoms with E-state index in [-0.39, 0.29) is 17.4 Å². The Balaban J connectivity index is 1.49. The molecule has 1 atom stereocenters. The van der Waals surface area contributed by atoms with Crippen LogP contribution in [-0.4, -0.2) is 70.3 Å². The minimum absolute atomic E-state index is 0.0164. The van der Waals surface area contributed by atoms with Crippen molar-refractivity contribution in [3.05, 3.63) is 42.0 Å². The maximum Gasteiger partial charge on any atom is 0.316 e. The molecular formula is C22H26N8O4. The first-order chi connectivity index (χ1) is 16.5. The lowest BCUT2D eigenvalue weighted by molar-refractivity contribution is 0.0906. The number of rotatable bonds is 9. The van der Waals surface area contributed by atoms with E-state index >= 15 is 0 Å². The van der Waals surface area contributed by atoms with Crippen LogP contribution in [0.4, 0.5) is 11.4 Å². The molecular weight excluding hydrogens is 440 g/mol. The zero-order chi connectivity index (χ0) is 24.1. The Morgan fingerprint density at radius 2 is 2.15 bits per heavy atom. The van der Waals surface area contributed by atoms with Crippen molar-refractivity contribution >= 4 is 23.2 Å². The minimum Gasteiger partial charge on any atom is -0.494 e. The first-order valence-electron chi connectivity index (χ1n) is 10.9. The van der Waals surface area contributed by atoms with E-state index in [1.807, 2.05) is 0 Å². The van der Waals surface area contributed by atoms with Crippen LogP contribution in [0.5, 0.6) is 5.75 Å². The summed E-state index contributed by atoms with van der Waals surface area (Å²) in [6.45, 7) is 1.61. The van der Waals surface area contributed by atoms with Gasteiger partial charge in [-0.15, -0.1) is 5.10 Å². The Morgan fingerprint density at radius 1 is 1.29 bits per heavy atom. The van der Waals surface area contributed by atoms with Gasteiger partial charge in [0.2, 0.25) is 5.82 Å². The summed E-state index contributed by atoms with van der Waals surface area (Å²) in [5.41, 5.74) is 6.72. The lowest BCUT2D eigenvalue weighted by Crippen LogP contribution is -2.31. The van der Waals surface area contributed by atoms with Gasteiger partial charge in [-0.1, -0.05) is 11.2 Å². The number of nitrogens with zero attached hydrogens (tertiary/aromatic N) is 5. The number of benzene rings is 1. The number of amides is 2. The first kappa shape index (κ1) is 23.1. The standard InChI is InChI=1S/C22H26N8O4/c1-30-12-4-5-13(30)8-10-24-21(32)22-27-20(29-34-22)14-6-3-7-16(18(14)33-2)26-15-9-11-25-28-17(15)19(23)31/h3,6-7,9,11,13H,4-5,8,10,12H2,1-2H3,(H2,23,31)(H,24,32)(H,25,26). The zero-order valence-corrected chi connectivity index (χ0v) is 18.9. The number of hydrogen-bond acceptors (Lipinski definition) is 10. The van der Waals surface area contributed by atoms with Crippen LogP contribution in [0.15, 0.2) is 35.0 Å². The average Bonchev–Trinajstić information content (AvgIpc) is 3.48. The van der Waals surface area contributed by atoms with Crippen LogP contribution in [0.25, 0.3) is 11.4 Å². The van der Waals surface area contributed by atoms with E-state index in [9.17, 15) is 9.59 Å². The van der Waals surface area contributed by atoms with Gasteiger partial charge < -0.3 is 30.5 Å². The smallest absolute Gasteiger partial charge is 0.316 e. The van der Waals surface area contributed by atoms with E-state index in [1.54, 1.807) is 24.3 Å². The highest BCUT2D eigenvalue weighted by atomic mass is 16.5. The fourth-order valence-electron chi connectivity index (χ4n) is 3.99.